The maximum Gasteiger partial charge on any atom is 0.282 e. The van der Waals surface area contributed by atoms with Crippen molar-refractivity contribution in [3.63, 3.8) is 0 Å². The third-order valence-electron chi connectivity index (χ3n) is 10.2. The van der Waals surface area contributed by atoms with Crippen molar-refractivity contribution in [3.05, 3.63) is 68.7 Å². The van der Waals surface area contributed by atoms with E-state index in [1.54, 1.807) is 6.07 Å². The number of amides is 1. The summed E-state index contributed by atoms with van der Waals surface area (Å²) in [4.78, 5) is 44.7. The van der Waals surface area contributed by atoms with Crippen LogP contribution >= 0.6 is 11.6 Å². The van der Waals surface area contributed by atoms with E-state index in [4.69, 9.17) is 11.6 Å². The zero-order chi connectivity index (χ0) is 26.4. The fourth-order valence-electron chi connectivity index (χ4n) is 7.97. The van der Waals surface area contributed by atoms with E-state index in [0.717, 1.165) is 86.9 Å². The van der Waals surface area contributed by atoms with Gasteiger partial charge in [0.1, 0.15) is 12.1 Å². The van der Waals surface area contributed by atoms with Gasteiger partial charge in [-0.1, -0.05) is 29.8 Å². The van der Waals surface area contributed by atoms with E-state index in [0.29, 0.717) is 16.3 Å². The first-order chi connectivity index (χ1) is 18.2. The van der Waals surface area contributed by atoms with Gasteiger partial charge in [0.2, 0.25) is 5.91 Å². The van der Waals surface area contributed by atoms with Crippen LogP contribution in [0, 0.1) is 10.8 Å². The molecule has 0 spiro atoms. The zero-order valence-electron chi connectivity index (χ0n) is 21.9. The lowest BCUT2D eigenvalue weighted by atomic mass is 9.80. The van der Waals surface area contributed by atoms with Crippen molar-refractivity contribution in [3.8, 4) is 5.69 Å². The van der Waals surface area contributed by atoms with Gasteiger partial charge in [0.05, 0.1) is 32.4 Å². The van der Waals surface area contributed by atoms with Gasteiger partial charge in [0.15, 0.2) is 0 Å². The number of fused-ring (bicyclic) bond motifs is 7. The molecule has 1 aromatic heterocycles. The first-order valence-electron chi connectivity index (χ1n) is 13.8. The van der Waals surface area contributed by atoms with E-state index in [-0.39, 0.29) is 22.3 Å². The number of likely N-dealkylation sites (tertiary alicyclic amines) is 1. The number of hydrogen-bond acceptors (Lipinski definition) is 4. The number of aldehydes is 1. The highest BCUT2D eigenvalue weighted by molar-refractivity contribution is 6.35. The SMILES string of the molecule is CC1(C)c2cc(C3CCN(C(=O)C45CCC(C=O)(CC4)C5)CC3)ccc2-n2c1nc(=O)c1c(Cl)cccc12. The molecule has 7 rings (SSSR count). The lowest BCUT2D eigenvalue weighted by Crippen LogP contribution is -2.45. The third kappa shape index (κ3) is 3.19. The van der Waals surface area contributed by atoms with E-state index in [1.807, 2.05) is 12.1 Å². The highest BCUT2D eigenvalue weighted by atomic mass is 35.5. The van der Waals surface area contributed by atoms with E-state index in [1.165, 1.54) is 5.56 Å². The molecule has 1 amide bonds. The Morgan fingerprint density at radius 3 is 2.50 bits per heavy atom. The Morgan fingerprint density at radius 2 is 1.82 bits per heavy atom. The van der Waals surface area contributed by atoms with Crippen LogP contribution in [0.3, 0.4) is 0 Å². The van der Waals surface area contributed by atoms with Crippen LogP contribution < -0.4 is 5.56 Å². The molecule has 2 aliphatic carbocycles. The number of halogens is 1. The number of nitrogens with zero attached hydrogens (tertiary/aromatic N) is 3. The minimum Gasteiger partial charge on any atom is -0.342 e. The van der Waals surface area contributed by atoms with Crippen molar-refractivity contribution in [1.29, 1.82) is 0 Å². The summed E-state index contributed by atoms with van der Waals surface area (Å²) in [5.41, 5.74) is 3.02. The second-order valence-electron chi connectivity index (χ2n) is 12.6. The Kier molecular flexibility index (Phi) is 5.08. The molecular formula is C31H32ClN3O3. The second-order valence-corrected chi connectivity index (χ2v) is 13.0. The van der Waals surface area contributed by atoms with Gasteiger partial charge in [0, 0.05) is 18.5 Å². The number of benzene rings is 2. The molecule has 4 aliphatic rings. The van der Waals surface area contributed by atoms with Crippen molar-refractivity contribution in [2.24, 2.45) is 10.8 Å². The predicted molar refractivity (Wildman–Crippen MR) is 147 cm³/mol. The van der Waals surface area contributed by atoms with Crippen LogP contribution in [-0.4, -0.2) is 39.7 Å². The van der Waals surface area contributed by atoms with Crippen LogP contribution in [0.15, 0.2) is 41.2 Å². The van der Waals surface area contributed by atoms with Gasteiger partial charge in [-0.15, -0.1) is 0 Å². The second kappa shape index (κ2) is 8.01. The normalized spacial score (nSPS) is 27.5. The lowest BCUT2D eigenvalue weighted by Gasteiger charge is -2.38. The summed E-state index contributed by atoms with van der Waals surface area (Å²) in [6.45, 7) is 5.78. The number of carbonyl (C=O) groups is 2. The van der Waals surface area contributed by atoms with E-state index < -0.39 is 5.41 Å². The topological polar surface area (TPSA) is 72.3 Å². The molecule has 0 radical (unpaired) electrons. The Bertz CT molecular complexity index is 1570. The summed E-state index contributed by atoms with van der Waals surface area (Å²) >= 11 is 6.40. The molecular weight excluding hydrogens is 498 g/mol. The smallest absolute Gasteiger partial charge is 0.282 e. The van der Waals surface area contributed by atoms with E-state index >= 15 is 0 Å². The fraction of sp³-hybridized carbons (Fsp3) is 0.484. The van der Waals surface area contributed by atoms with E-state index in [2.05, 4.69) is 46.5 Å². The number of aromatic nitrogens is 2. The van der Waals surface area contributed by atoms with Gasteiger partial charge < -0.3 is 9.69 Å². The molecule has 2 bridgehead atoms. The maximum absolute atomic E-state index is 13.6. The van der Waals surface area contributed by atoms with Crippen LogP contribution in [0.5, 0.6) is 0 Å². The Hall–Kier alpha value is -2.99. The average Bonchev–Trinajstić information content (AvgIpc) is 3.57. The van der Waals surface area contributed by atoms with Gasteiger partial charge >= 0.3 is 0 Å². The van der Waals surface area contributed by atoms with Crippen LogP contribution in [0.4, 0.5) is 0 Å². The fourth-order valence-corrected chi connectivity index (χ4v) is 8.22. The van der Waals surface area contributed by atoms with Gasteiger partial charge in [-0.05, 0) is 94.0 Å². The van der Waals surface area contributed by atoms with E-state index in [9.17, 15) is 14.4 Å². The Labute approximate surface area is 227 Å². The van der Waals surface area contributed by atoms with Crippen LogP contribution in [-0.2, 0) is 15.0 Å². The Morgan fingerprint density at radius 1 is 1.08 bits per heavy atom. The molecule has 2 aromatic carbocycles. The van der Waals surface area contributed by atoms with Crippen molar-refractivity contribution in [2.45, 2.75) is 70.1 Å². The standard InChI is InChI=1S/C31H32ClN3O3/c1-29(2)21-16-20(6-7-23(21)35-24-5-3-4-22(32)25(24)26(37)33-27(29)35)19-8-14-34(15-9-19)28(38)31-12-10-30(17-31,18-36)11-13-31/h3-7,16,18-19H,8-15,17H2,1-2H3. The minimum atomic E-state index is -0.424. The van der Waals surface area contributed by atoms with Gasteiger partial charge in [0.25, 0.3) is 5.56 Å². The highest BCUT2D eigenvalue weighted by Gasteiger charge is 2.59. The molecule has 3 heterocycles. The van der Waals surface area contributed by atoms with Crippen molar-refractivity contribution < 1.29 is 9.59 Å². The van der Waals surface area contributed by atoms with Crippen molar-refractivity contribution in [1.82, 2.24) is 14.5 Å². The largest absolute Gasteiger partial charge is 0.342 e. The first-order valence-corrected chi connectivity index (χ1v) is 14.2. The molecule has 0 N–H and O–H groups in total. The number of carbonyl (C=O) groups excluding carboxylic acids is 2. The summed E-state index contributed by atoms with van der Waals surface area (Å²) in [5, 5.41) is 0.878. The van der Waals surface area contributed by atoms with Crippen LogP contribution in [0.2, 0.25) is 5.02 Å². The summed E-state index contributed by atoms with van der Waals surface area (Å²) in [5.74, 6) is 1.40. The molecule has 3 fully saturated rings. The molecule has 2 aliphatic heterocycles. The molecule has 6 nitrogen and oxygen atoms in total. The molecule has 38 heavy (non-hydrogen) atoms. The summed E-state index contributed by atoms with van der Waals surface area (Å²) in [7, 11) is 0. The quantitative estimate of drug-likeness (QED) is 0.418. The molecule has 3 aromatic rings. The minimum absolute atomic E-state index is 0.237. The molecule has 0 unspecified atom stereocenters. The van der Waals surface area contributed by atoms with Crippen molar-refractivity contribution in [2.75, 3.05) is 13.1 Å². The first kappa shape index (κ1) is 24.1. The summed E-state index contributed by atoms with van der Waals surface area (Å²) < 4.78 is 2.09. The average molecular weight is 530 g/mol. The summed E-state index contributed by atoms with van der Waals surface area (Å²) in [6, 6.07) is 12.2. The lowest BCUT2D eigenvalue weighted by molar-refractivity contribution is -0.142. The molecule has 1 saturated heterocycles. The third-order valence-corrected chi connectivity index (χ3v) is 10.5. The molecule has 7 heteroatoms. The Balaban J connectivity index is 1.16. The van der Waals surface area contributed by atoms with Gasteiger partial charge in [-0.25, -0.2) is 0 Å². The monoisotopic (exact) mass is 529 g/mol. The van der Waals surface area contributed by atoms with Crippen molar-refractivity contribution >= 4 is 34.7 Å². The number of piperidine rings is 1. The molecule has 2 saturated carbocycles. The molecule has 196 valence electrons. The molecule has 0 atom stereocenters. The van der Waals surface area contributed by atoms with Crippen LogP contribution in [0.25, 0.3) is 16.6 Å². The van der Waals surface area contributed by atoms with Crippen LogP contribution in [0.1, 0.15) is 81.7 Å². The predicted octanol–water partition coefficient (Wildman–Crippen LogP) is 5.53. The number of rotatable bonds is 3. The highest BCUT2D eigenvalue weighted by Crippen LogP contribution is 2.61. The van der Waals surface area contributed by atoms with Gasteiger partial charge in [-0.2, -0.15) is 4.98 Å². The maximum atomic E-state index is 13.6. The zero-order valence-corrected chi connectivity index (χ0v) is 22.7. The number of hydrogen-bond donors (Lipinski definition) is 0. The van der Waals surface area contributed by atoms with Gasteiger partial charge in [-0.3, -0.25) is 14.2 Å². The summed E-state index contributed by atoms with van der Waals surface area (Å²) in [6.07, 6.45) is 7.20.